The highest BCUT2D eigenvalue weighted by Gasteiger charge is 2.25. The molecular weight excluding hydrogens is 329 g/mol. The predicted octanol–water partition coefficient (Wildman–Crippen LogP) is -0.0135. The number of piperazine rings is 1. The summed E-state index contributed by atoms with van der Waals surface area (Å²) in [6.07, 6.45) is 0. The first-order valence-corrected chi connectivity index (χ1v) is 9.36. The number of amides is 1. The van der Waals surface area contributed by atoms with Gasteiger partial charge in [0, 0.05) is 5.56 Å². The lowest BCUT2D eigenvalue weighted by molar-refractivity contribution is -1.02. The van der Waals surface area contributed by atoms with Crippen molar-refractivity contribution in [3.05, 3.63) is 71.5 Å². The highest BCUT2D eigenvalue weighted by molar-refractivity contribution is 5.77. The van der Waals surface area contributed by atoms with E-state index in [9.17, 15) is 9.18 Å². The van der Waals surface area contributed by atoms with Gasteiger partial charge < -0.3 is 15.1 Å². The van der Waals surface area contributed by atoms with Crippen molar-refractivity contribution in [2.45, 2.75) is 19.5 Å². The first kappa shape index (κ1) is 18.5. The minimum atomic E-state index is -0.171. The highest BCUT2D eigenvalue weighted by atomic mass is 19.1. The molecule has 26 heavy (non-hydrogen) atoms. The van der Waals surface area contributed by atoms with Gasteiger partial charge in [0.25, 0.3) is 5.91 Å². The van der Waals surface area contributed by atoms with E-state index in [-0.39, 0.29) is 17.8 Å². The fraction of sp³-hybridized carbons (Fsp3) is 0.381. The smallest absolute Gasteiger partial charge is 0.275 e. The third-order valence-corrected chi connectivity index (χ3v) is 5.09. The summed E-state index contributed by atoms with van der Waals surface area (Å²) >= 11 is 0. The number of halogens is 1. The van der Waals surface area contributed by atoms with Gasteiger partial charge in [-0.2, -0.15) is 0 Å². The number of quaternary nitrogens is 2. The Morgan fingerprint density at radius 2 is 1.73 bits per heavy atom. The van der Waals surface area contributed by atoms with Crippen molar-refractivity contribution in [3.8, 4) is 0 Å². The van der Waals surface area contributed by atoms with Crippen molar-refractivity contribution < 1.29 is 19.0 Å². The molecule has 0 radical (unpaired) electrons. The van der Waals surface area contributed by atoms with E-state index in [0.717, 1.165) is 43.9 Å². The molecule has 1 atom stereocenters. The van der Waals surface area contributed by atoms with E-state index in [2.05, 4.69) is 5.32 Å². The Bertz CT molecular complexity index is 714. The number of hydrogen-bond acceptors (Lipinski definition) is 1. The number of carbonyl (C=O) groups excluding carboxylic acids is 1. The lowest BCUT2D eigenvalue weighted by Gasteiger charge is -2.29. The van der Waals surface area contributed by atoms with Gasteiger partial charge in [0.15, 0.2) is 6.54 Å². The largest absolute Gasteiger partial charge is 0.345 e. The summed E-state index contributed by atoms with van der Waals surface area (Å²) in [5.41, 5.74) is 2.16. The molecule has 1 aliphatic heterocycles. The summed E-state index contributed by atoms with van der Waals surface area (Å²) in [4.78, 5) is 15.1. The monoisotopic (exact) mass is 357 g/mol. The van der Waals surface area contributed by atoms with Crippen molar-refractivity contribution in [1.29, 1.82) is 0 Å². The van der Waals surface area contributed by atoms with Gasteiger partial charge in [-0.3, -0.25) is 4.79 Å². The summed E-state index contributed by atoms with van der Waals surface area (Å²) in [5.74, 6) is -0.0692. The molecule has 1 heterocycles. The Kier molecular flexibility index (Phi) is 6.36. The third kappa shape index (κ3) is 5.38. The topological polar surface area (TPSA) is 38.0 Å². The molecule has 3 rings (SSSR count). The van der Waals surface area contributed by atoms with Crippen molar-refractivity contribution in [3.63, 3.8) is 0 Å². The quantitative estimate of drug-likeness (QED) is 0.668. The maximum Gasteiger partial charge on any atom is 0.275 e. The second-order valence-electron chi connectivity index (χ2n) is 7.18. The van der Waals surface area contributed by atoms with Crippen LogP contribution in [0.5, 0.6) is 0 Å². The Labute approximate surface area is 154 Å². The standard InChI is InChI=1S/C21H26FN3O/c1-17(19-7-3-2-4-8-19)23-21(26)16-25-12-10-24(11-13-25)15-18-6-5-9-20(22)14-18/h2-9,14,17H,10-13,15-16H2,1H3,(H,23,26)/p+2/t17-/m0/s1. The molecule has 0 unspecified atom stereocenters. The average molecular weight is 357 g/mol. The summed E-state index contributed by atoms with van der Waals surface area (Å²) in [6, 6.07) is 16.9. The molecule has 1 aliphatic rings. The second kappa shape index (κ2) is 8.92. The number of carbonyl (C=O) groups is 1. The van der Waals surface area contributed by atoms with Gasteiger partial charge in [-0.15, -0.1) is 0 Å². The SMILES string of the molecule is C[C@H](NC(=O)C[NH+]1CC[NH+](Cc2cccc(F)c2)CC1)c1ccccc1. The van der Waals surface area contributed by atoms with E-state index in [4.69, 9.17) is 0 Å². The molecule has 3 N–H and O–H groups in total. The van der Waals surface area contributed by atoms with Gasteiger partial charge in [0.1, 0.15) is 38.5 Å². The van der Waals surface area contributed by atoms with Crippen LogP contribution in [0.4, 0.5) is 4.39 Å². The van der Waals surface area contributed by atoms with Gasteiger partial charge in [-0.05, 0) is 24.6 Å². The summed E-state index contributed by atoms with van der Waals surface area (Å²) < 4.78 is 13.3. The van der Waals surface area contributed by atoms with E-state index in [0.29, 0.717) is 6.54 Å². The first-order chi connectivity index (χ1) is 12.6. The number of nitrogens with one attached hydrogen (secondary N) is 3. The molecule has 1 saturated heterocycles. The van der Waals surface area contributed by atoms with Crippen molar-refractivity contribution >= 4 is 5.91 Å². The zero-order valence-corrected chi connectivity index (χ0v) is 15.3. The van der Waals surface area contributed by atoms with Crippen LogP contribution in [0, 0.1) is 5.82 Å². The van der Waals surface area contributed by atoms with E-state index in [1.165, 1.54) is 15.9 Å². The predicted molar refractivity (Wildman–Crippen MR) is 99.4 cm³/mol. The summed E-state index contributed by atoms with van der Waals surface area (Å²) in [5, 5.41) is 3.09. The molecule has 1 fully saturated rings. The van der Waals surface area contributed by atoms with E-state index < -0.39 is 0 Å². The van der Waals surface area contributed by atoms with Gasteiger partial charge in [0.2, 0.25) is 0 Å². The van der Waals surface area contributed by atoms with Crippen molar-refractivity contribution in [2.24, 2.45) is 0 Å². The van der Waals surface area contributed by atoms with Crippen LogP contribution in [0.2, 0.25) is 0 Å². The van der Waals surface area contributed by atoms with Crippen LogP contribution in [0.1, 0.15) is 24.1 Å². The molecule has 0 aromatic heterocycles. The van der Waals surface area contributed by atoms with Crippen LogP contribution in [0.15, 0.2) is 54.6 Å². The van der Waals surface area contributed by atoms with E-state index in [1.807, 2.05) is 43.3 Å². The normalized spacial score (nSPS) is 21.2. The number of rotatable bonds is 6. The average Bonchev–Trinajstić information content (AvgIpc) is 2.64. The van der Waals surface area contributed by atoms with Gasteiger partial charge in [-0.25, -0.2) is 4.39 Å². The molecule has 1 amide bonds. The zero-order chi connectivity index (χ0) is 18.4. The summed E-state index contributed by atoms with van der Waals surface area (Å²) in [7, 11) is 0. The van der Waals surface area contributed by atoms with Crippen LogP contribution in [0.3, 0.4) is 0 Å². The molecule has 0 aliphatic carbocycles. The van der Waals surface area contributed by atoms with Crippen LogP contribution < -0.4 is 15.1 Å². The fourth-order valence-electron chi connectivity index (χ4n) is 3.59. The van der Waals surface area contributed by atoms with Gasteiger partial charge >= 0.3 is 0 Å². The zero-order valence-electron chi connectivity index (χ0n) is 15.3. The Hall–Kier alpha value is -2.24. The van der Waals surface area contributed by atoms with Crippen molar-refractivity contribution in [1.82, 2.24) is 5.32 Å². The van der Waals surface area contributed by atoms with E-state index >= 15 is 0 Å². The minimum Gasteiger partial charge on any atom is -0.345 e. The second-order valence-corrected chi connectivity index (χ2v) is 7.18. The summed E-state index contributed by atoms with van der Waals surface area (Å²) in [6.45, 7) is 7.34. The maximum absolute atomic E-state index is 13.3. The van der Waals surface area contributed by atoms with E-state index in [1.54, 1.807) is 12.1 Å². The van der Waals surface area contributed by atoms with Gasteiger partial charge in [0.05, 0.1) is 6.04 Å². The lowest BCUT2D eigenvalue weighted by atomic mass is 10.1. The van der Waals surface area contributed by atoms with Crippen LogP contribution in [0.25, 0.3) is 0 Å². The third-order valence-electron chi connectivity index (χ3n) is 5.09. The molecule has 0 bridgehead atoms. The van der Waals surface area contributed by atoms with Gasteiger partial charge in [-0.1, -0.05) is 42.5 Å². The Morgan fingerprint density at radius 3 is 2.42 bits per heavy atom. The molecule has 0 spiro atoms. The molecular formula is C21H28FN3O+2. The van der Waals surface area contributed by atoms with Crippen LogP contribution in [-0.2, 0) is 11.3 Å². The highest BCUT2D eigenvalue weighted by Crippen LogP contribution is 2.10. The van der Waals surface area contributed by atoms with Crippen LogP contribution >= 0.6 is 0 Å². The number of benzene rings is 2. The fourth-order valence-corrected chi connectivity index (χ4v) is 3.59. The van der Waals surface area contributed by atoms with Crippen molar-refractivity contribution in [2.75, 3.05) is 32.7 Å². The molecule has 2 aromatic rings. The first-order valence-electron chi connectivity index (χ1n) is 9.36. The number of hydrogen-bond donors (Lipinski definition) is 3. The van der Waals surface area contributed by atoms with Crippen LogP contribution in [-0.4, -0.2) is 38.6 Å². The maximum atomic E-state index is 13.3. The Morgan fingerprint density at radius 1 is 1.04 bits per heavy atom. The molecule has 2 aromatic carbocycles. The molecule has 4 nitrogen and oxygen atoms in total. The molecule has 0 saturated carbocycles. The molecule has 138 valence electrons. The Balaban J connectivity index is 1.41. The molecule has 5 heteroatoms. The minimum absolute atomic E-state index is 0.0305. The lowest BCUT2D eigenvalue weighted by Crippen LogP contribution is -3.28.